The molecule has 2 aliphatic rings. The van der Waals surface area contributed by atoms with Crippen LogP contribution in [-0.4, -0.2) is 62.1 Å². The molecule has 7 nitrogen and oxygen atoms in total. The Bertz CT molecular complexity index is 1150. The second-order valence-electron chi connectivity index (χ2n) is 8.04. The molecule has 0 saturated carbocycles. The topological polar surface area (TPSA) is 70.1 Å². The molecule has 3 aromatic rings. The molecule has 1 aromatic heterocycles. The van der Waals surface area contributed by atoms with Gasteiger partial charge < -0.3 is 23.8 Å². The molecule has 2 saturated heterocycles. The summed E-state index contributed by atoms with van der Waals surface area (Å²) in [7, 11) is 3.23. The number of hydrogen-bond acceptors (Lipinski definition) is 6. The van der Waals surface area contributed by atoms with E-state index in [1.165, 1.54) is 0 Å². The standard InChI is InChI=1S/C25H26N2O5/c1-29-17-7-8-19(23(15-17)30-2)22-16-20(18-5-3-4-6-21(18)26-22)24(28)27-11-9-25(10-12-27)31-13-14-32-25/h3-8,15-16H,9-14H2,1-2H3. The number of likely N-dealkylation sites (tertiary alicyclic amines) is 1. The minimum Gasteiger partial charge on any atom is -0.497 e. The number of hydrogen-bond donors (Lipinski definition) is 0. The van der Waals surface area contributed by atoms with Crippen LogP contribution in [0.3, 0.4) is 0 Å². The van der Waals surface area contributed by atoms with Crippen molar-refractivity contribution < 1.29 is 23.7 Å². The molecule has 0 unspecified atom stereocenters. The molecule has 1 spiro atoms. The number of para-hydroxylation sites is 1. The molecule has 7 heteroatoms. The summed E-state index contributed by atoms with van der Waals surface area (Å²) in [6.45, 7) is 2.43. The first-order valence-electron chi connectivity index (χ1n) is 10.8. The Labute approximate surface area is 186 Å². The highest BCUT2D eigenvalue weighted by molar-refractivity contribution is 6.07. The van der Waals surface area contributed by atoms with Crippen LogP contribution in [0.5, 0.6) is 11.5 Å². The van der Waals surface area contributed by atoms with E-state index >= 15 is 0 Å². The molecule has 166 valence electrons. The van der Waals surface area contributed by atoms with Crippen molar-refractivity contribution in [2.45, 2.75) is 18.6 Å². The third-order valence-corrected chi connectivity index (χ3v) is 6.26. The Morgan fingerprint density at radius 2 is 1.75 bits per heavy atom. The third kappa shape index (κ3) is 3.67. The smallest absolute Gasteiger partial charge is 0.254 e. The summed E-state index contributed by atoms with van der Waals surface area (Å²) in [5.74, 6) is 0.811. The van der Waals surface area contributed by atoms with Crippen molar-refractivity contribution in [1.29, 1.82) is 0 Å². The Kier molecular flexibility index (Phi) is 5.45. The summed E-state index contributed by atoms with van der Waals surface area (Å²) in [6, 6.07) is 15.2. The Morgan fingerprint density at radius 3 is 2.47 bits per heavy atom. The van der Waals surface area contributed by atoms with Gasteiger partial charge in [0.2, 0.25) is 0 Å². The zero-order valence-corrected chi connectivity index (χ0v) is 18.3. The molecule has 3 heterocycles. The van der Waals surface area contributed by atoms with Crippen LogP contribution in [0.15, 0.2) is 48.5 Å². The summed E-state index contributed by atoms with van der Waals surface area (Å²) in [6.07, 6.45) is 1.36. The number of ether oxygens (including phenoxy) is 4. The lowest BCUT2D eigenvalue weighted by molar-refractivity contribution is -0.181. The summed E-state index contributed by atoms with van der Waals surface area (Å²) >= 11 is 0. The van der Waals surface area contributed by atoms with Crippen LogP contribution in [0.25, 0.3) is 22.2 Å². The number of carbonyl (C=O) groups is 1. The second kappa shape index (κ2) is 8.41. The highest BCUT2D eigenvalue weighted by Crippen LogP contribution is 2.36. The molecule has 2 aromatic carbocycles. The fourth-order valence-electron chi connectivity index (χ4n) is 4.51. The quantitative estimate of drug-likeness (QED) is 0.620. The number of nitrogens with zero attached hydrogens (tertiary/aromatic N) is 2. The maximum atomic E-state index is 13.6. The predicted octanol–water partition coefficient (Wildman–Crippen LogP) is 3.90. The Hall–Kier alpha value is -3.16. The summed E-state index contributed by atoms with van der Waals surface area (Å²) in [4.78, 5) is 20.3. The van der Waals surface area contributed by atoms with Crippen molar-refractivity contribution in [3.63, 3.8) is 0 Å². The maximum Gasteiger partial charge on any atom is 0.254 e. The van der Waals surface area contributed by atoms with Crippen molar-refractivity contribution in [2.75, 3.05) is 40.5 Å². The molecule has 1 amide bonds. The van der Waals surface area contributed by atoms with Gasteiger partial charge in [0.1, 0.15) is 11.5 Å². The van der Waals surface area contributed by atoms with Crippen LogP contribution in [0, 0.1) is 0 Å². The molecule has 0 aliphatic carbocycles. The number of piperidine rings is 1. The van der Waals surface area contributed by atoms with Crippen molar-refractivity contribution >= 4 is 16.8 Å². The van der Waals surface area contributed by atoms with Crippen LogP contribution in [-0.2, 0) is 9.47 Å². The minimum absolute atomic E-state index is 0.00910. The number of aromatic nitrogens is 1. The normalized spacial score (nSPS) is 17.6. The lowest BCUT2D eigenvalue weighted by atomic mass is 9.99. The van der Waals surface area contributed by atoms with E-state index in [1.807, 2.05) is 53.4 Å². The monoisotopic (exact) mass is 434 g/mol. The third-order valence-electron chi connectivity index (χ3n) is 6.26. The molecule has 2 aliphatic heterocycles. The lowest BCUT2D eigenvalue weighted by Gasteiger charge is -2.37. The van der Waals surface area contributed by atoms with E-state index in [9.17, 15) is 4.79 Å². The van der Waals surface area contributed by atoms with Gasteiger partial charge in [-0.3, -0.25) is 4.79 Å². The van der Waals surface area contributed by atoms with E-state index in [4.69, 9.17) is 23.9 Å². The summed E-state index contributed by atoms with van der Waals surface area (Å²) in [5, 5.41) is 0.836. The average Bonchev–Trinajstić information content (AvgIpc) is 3.30. The number of carbonyl (C=O) groups excluding carboxylic acids is 1. The van der Waals surface area contributed by atoms with Crippen LogP contribution >= 0.6 is 0 Å². The minimum atomic E-state index is -0.515. The number of pyridine rings is 1. The van der Waals surface area contributed by atoms with E-state index in [1.54, 1.807) is 14.2 Å². The largest absolute Gasteiger partial charge is 0.497 e. The molecule has 0 bridgehead atoms. The number of methoxy groups -OCH3 is 2. The molecular weight excluding hydrogens is 408 g/mol. The van der Waals surface area contributed by atoms with Crippen LogP contribution in [0.2, 0.25) is 0 Å². The highest BCUT2D eigenvalue weighted by atomic mass is 16.7. The van der Waals surface area contributed by atoms with Gasteiger partial charge in [-0.05, 0) is 24.3 Å². The van der Waals surface area contributed by atoms with Crippen molar-refractivity contribution in [3.8, 4) is 22.8 Å². The van der Waals surface area contributed by atoms with Crippen LogP contribution in [0.1, 0.15) is 23.2 Å². The van der Waals surface area contributed by atoms with Gasteiger partial charge >= 0.3 is 0 Å². The van der Waals surface area contributed by atoms with Crippen molar-refractivity contribution in [1.82, 2.24) is 9.88 Å². The second-order valence-corrected chi connectivity index (χ2v) is 8.04. The zero-order valence-electron chi connectivity index (χ0n) is 18.3. The molecular formula is C25H26N2O5. The Balaban J connectivity index is 1.53. The zero-order chi connectivity index (χ0) is 22.1. The van der Waals surface area contributed by atoms with E-state index in [0.29, 0.717) is 61.9 Å². The predicted molar refractivity (Wildman–Crippen MR) is 120 cm³/mol. The van der Waals surface area contributed by atoms with Gasteiger partial charge in [0.05, 0.1) is 44.2 Å². The van der Waals surface area contributed by atoms with Gasteiger partial charge in [-0.15, -0.1) is 0 Å². The van der Waals surface area contributed by atoms with Gasteiger partial charge in [-0.2, -0.15) is 0 Å². The van der Waals surface area contributed by atoms with E-state index in [0.717, 1.165) is 16.5 Å². The van der Waals surface area contributed by atoms with Crippen LogP contribution < -0.4 is 9.47 Å². The first-order chi connectivity index (χ1) is 15.6. The average molecular weight is 434 g/mol. The molecule has 0 atom stereocenters. The number of rotatable bonds is 4. The van der Waals surface area contributed by atoms with E-state index in [2.05, 4.69) is 0 Å². The summed E-state index contributed by atoms with van der Waals surface area (Å²) < 4.78 is 22.5. The Morgan fingerprint density at radius 1 is 1.00 bits per heavy atom. The van der Waals surface area contributed by atoms with Crippen molar-refractivity contribution in [2.24, 2.45) is 0 Å². The van der Waals surface area contributed by atoms with Crippen LogP contribution in [0.4, 0.5) is 0 Å². The molecule has 5 rings (SSSR count). The fraction of sp³-hybridized carbons (Fsp3) is 0.360. The number of fused-ring (bicyclic) bond motifs is 1. The summed E-state index contributed by atoms with van der Waals surface area (Å²) in [5.41, 5.74) is 2.88. The lowest BCUT2D eigenvalue weighted by Crippen LogP contribution is -2.47. The first-order valence-corrected chi connectivity index (χ1v) is 10.8. The van der Waals surface area contributed by atoms with Gasteiger partial charge in [0, 0.05) is 42.9 Å². The first kappa shape index (κ1) is 20.7. The van der Waals surface area contributed by atoms with E-state index < -0.39 is 5.79 Å². The van der Waals surface area contributed by atoms with Gasteiger partial charge in [-0.25, -0.2) is 4.98 Å². The van der Waals surface area contributed by atoms with Gasteiger partial charge in [-0.1, -0.05) is 18.2 Å². The van der Waals surface area contributed by atoms with Crippen molar-refractivity contribution in [3.05, 3.63) is 54.1 Å². The van der Waals surface area contributed by atoms with Gasteiger partial charge in [0.15, 0.2) is 5.79 Å². The SMILES string of the molecule is COc1ccc(-c2cc(C(=O)N3CCC4(CC3)OCCO4)c3ccccc3n2)c(OC)c1. The molecule has 2 fully saturated rings. The number of amides is 1. The van der Waals surface area contributed by atoms with E-state index in [-0.39, 0.29) is 5.91 Å². The molecule has 32 heavy (non-hydrogen) atoms. The molecule has 0 radical (unpaired) electrons. The van der Waals surface area contributed by atoms with Gasteiger partial charge in [0.25, 0.3) is 5.91 Å². The molecule has 0 N–H and O–H groups in total. The fourth-order valence-corrected chi connectivity index (χ4v) is 4.51. The highest BCUT2D eigenvalue weighted by Gasteiger charge is 2.41. The number of benzene rings is 2. The maximum absolute atomic E-state index is 13.6.